The van der Waals surface area contributed by atoms with E-state index in [4.69, 9.17) is 4.74 Å². The van der Waals surface area contributed by atoms with Crippen molar-refractivity contribution in [3.05, 3.63) is 88.9 Å². The molecule has 126 valence electrons. The van der Waals surface area contributed by atoms with Gasteiger partial charge in [-0.05, 0) is 36.3 Å². The molecule has 0 unspecified atom stereocenters. The van der Waals surface area contributed by atoms with Crippen LogP contribution in [0.2, 0.25) is 0 Å². The van der Waals surface area contributed by atoms with E-state index in [0.717, 1.165) is 17.7 Å². The lowest BCUT2D eigenvalue weighted by Gasteiger charge is -2.19. The molecule has 4 heteroatoms. The highest BCUT2D eigenvalue weighted by Crippen LogP contribution is 2.41. The van der Waals surface area contributed by atoms with E-state index >= 15 is 0 Å². The van der Waals surface area contributed by atoms with Gasteiger partial charge in [0.05, 0.1) is 12.7 Å². The smallest absolute Gasteiger partial charge is 0.416 e. The molecule has 0 spiro atoms. The van der Waals surface area contributed by atoms with E-state index in [2.05, 4.69) is 11.5 Å². The first-order valence-electron chi connectivity index (χ1n) is 7.71. The summed E-state index contributed by atoms with van der Waals surface area (Å²) in [4.78, 5) is 0. The maximum absolute atomic E-state index is 13.4. The van der Waals surface area contributed by atoms with Crippen LogP contribution in [0.15, 0.2) is 72.2 Å². The van der Waals surface area contributed by atoms with E-state index in [-0.39, 0.29) is 0 Å². The van der Waals surface area contributed by atoms with Crippen molar-refractivity contribution in [1.82, 2.24) is 0 Å². The molecule has 0 saturated heterocycles. The molecule has 2 aliphatic carbocycles. The lowest BCUT2D eigenvalue weighted by molar-refractivity contribution is -0.137. The number of halogens is 3. The van der Waals surface area contributed by atoms with Crippen LogP contribution in [0.3, 0.4) is 0 Å². The fourth-order valence-corrected chi connectivity index (χ4v) is 2.74. The molecule has 0 heterocycles. The summed E-state index contributed by atoms with van der Waals surface area (Å²) in [5.41, 5.74) is 6.97. The van der Waals surface area contributed by atoms with Crippen molar-refractivity contribution in [2.45, 2.75) is 12.6 Å². The van der Waals surface area contributed by atoms with Crippen LogP contribution in [0, 0.1) is 0 Å². The van der Waals surface area contributed by atoms with Crippen LogP contribution in [0.25, 0.3) is 11.1 Å². The molecule has 0 aliphatic heterocycles. The van der Waals surface area contributed by atoms with Crippen LogP contribution >= 0.6 is 0 Å². The summed E-state index contributed by atoms with van der Waals surface area (Å²) >= 11 is 0. The van der Waals surface area contributed by atoms with Crippen LogP contribution in [0.5, 0.6) is 5.75 Å². The summed E-state index contributed by atoms with van der Waals surface area (Å²) < 4.78 is 45.8. The lowest BCUT2D eigenvalue weighted by atomic mass is 9.92. The number of ether oxygens (including phenoxy) is 1. The first kappa shape index (κ1) is 16.9. The van der Waals surface area contributed by atoms with E-state index in [1.165, 1.54) is 7.11 Å². The fourth-order valence-electron chi connectivity index (χ4n) is 2.74. The van der Waals surface area contributed by atoms with E-state index in [0.29, 0.717) is 28.9 Å². The van der Waals surface area contributed by atoms with E-state index < -0.39 is 11.7 Å². The van der Waals surface area contributed by atoms with Gasteiger partial charge in [0.2, 0.25) is 0 Å². The number of rotatable bonds is 3. The van der Waals surface area contributed by atoms with Crippen molar-refractivity contribution in [1.29, 1.82) is 0 Å². The molecule has 0 aromatic heterocycles. The molecule has 0 amide bonds. The third-order valence-electron chi connectivity index (χ3n) is 3.90. The Morgan fingerprint density at radius 2 is 1.84 bits per heavy atom. The lowest BCUT2D eigenvalue weighted by Crippen LogP contribution is -2.08. The highest BCUT2D eigenvalue weighted by Gasteiger charge is 2.33. The van der Waals surface area contributed by atoms with Gasteiger partial charge in [-0.15, -0.1) is 0 Å². The second-order valence-corrected chi connectivity index (χ2v) is 5.52. The first-order chi connectivity index (χ1) is 12.0. The predicted molar refractivity (Wildman–Crippen MR) is 93.0 cm³/mol. The number of hydrogen-bond donors (Lipinski definition) is 0. The summed E-state index contributed by atoms with van der Waals surface area (Å²) in [5.74, 6) is 0.402. The van der Waals surface area contributed by atoms with Crippen molar-refractivity contribution in [2.75, 3.05) is 7.11 Å². The molecule has 1 aromatic rings. The van der Waals surface area contributed by atoms with Crippen molar-refractivity contribution >= 4 is 11.1 Å². The normalized spacial score (nSPS) is 15.8. The quantitative estimate of drug-likeness (QED) is 0.625. The standard InChI is InChI=1S/C21H15F3O/c1-25-20-18(15-9-5-2-3-6-10-15)13-17(21(22,23)24)14-19(20)16-11-7-4-8-12-16/h2-7,9,11,13-14H,10H2,1H3. The molecule has 2 aliphatic rings. The van der Waals surface area contributed by atoms with Gasteiger partial charge in [0.1, 0.15) is 5.75 Å². The van der Waals surface area contributed by atoms with Gasteiger partial charge in [-0.3, -0.25) is 0 Å². The van der Waals surface area contributed by atoms with Gasteiger partial charge in [-0.2, -0.15) is 13.2 Å². The SMILES string of the molecule is COc1c(C2=C=C=CC=C2)cc(C(F)(F)F)cc1C1=CC=CC=CC1. The Morgan fingerprint density at radius 1 is 1.04 bits per heavy atom. The minimum atomic E-state index is -4.45. The van der Waals surface area contributed by atoms with Gasteiger partial charge in [0, 0.05) is 16.7 Å². The molecule has 3 rings (SSSR count). The average molecular weight is 340 g/mol. The summed E-state index contributed by atoms with van der Waals surface area (Å²) in [6.07, 6.45) is 10.3. The molecule has 25 heavy (non-hydrogen) atoms. The van der Waals surface area contributed by atoms with E-state index in [9.17, 15) is 13.2 Å². The highest BCUT2D eigenvalue weighted by atomic mass is 19.4. The molecular weight excluding hydrogens is 325 g/mol. The minimum absolute atomic E-state index is 0.349. The van der Waals surface area contributed by atoms with Gasteiger partial charge >= 0.3 is 6.18 Å². The maximum atomic E-state index is 13.4. The Labute approximate surface area is 144 Å². The van der Waals surface area contributed by atoms with E-state index in [1.807, 2.05) is 24.3 Å². The number of allylic oxidation sites excluding steroid dienone is 10. The fraction of sp³-hybridized carbons (Fsp3) is 0.143. The molecule has 0 radical (unpaired) electrons. The Hall–Kier alpha value is -2.93. The number of alkyl halides is 3. The molecule has 0 N–H and O–H groups in total. The van der Waals surface area contributed by atoms with Crippen LogP contribution in [-0.2, 0) is 6.18 Å². The van der Waals surface area contributed by atoms with Crippen molar-refractivity contribution < 1.29 is 17.9 Å². The zero-order valence-electron chi connectivity index (χ0n) is 13.5. The van der Waals surface area contributed by atoms with Gasteiger partial charge < -0.3 is 4.74 Å². The van der Waals surface area contributed by atoms with Crippen molar-refractivity contribution in [3.63, 3.8) is 0 Å². The predicted octanol–water partition coefficient (Wildman–Crippen LogP) is 5.88. The molecule has 0 bridgehead atoms. The second kappa shape index (κ2) is 6.90. The van der Waals surface area contributed by atoms with Crippen LogP contribution in [0.1, 0.15) is 23.1 Å². The minimum Gasteiger partial charge on any atom is -0.495 e. The third kappa shape index (κ3) is 3.61. The van der Waals surface area contributed by atoms with Crippen molar-refractivity contribution in [3.8, 4) is 5.75 Å². The Kier molecular flexibility index (Phi) is 4.67. The average Bonchev–Trinajstić information content (AvgIpc) is 2.89. The van der Waals surface area contributed by atoms with Crippen LogP contribution in [-0.4, -0.2) is 7.11 Å². The second-order valence-electron chi connectivity index (χ2n) is 5.52. The van der Waals surface area contributed by atoms with Gasteiger partial charge in [-0.1, -0.05) is 47.9 Å². The van der Waals surface area contributed by atoms with Crippen LogP contribution in [0.4, 0.5) is 13.2 Å². The van der Waals surface area contributed by atoms with E-state index in [1.54, 1.807) is 24.3 Å². The molecule has 0 atom stereocenters. The summed E-state index contributed by atoms with van der Waals surface area (Å²) in [6.45, 7) is 0. The zero-order chi connectivity index (χ0) is 17.9. The molecule has 0 saturated carbocycles. The number of hydrogen-bond acceptors (Lipinski definition) is 1. The first-order valence-corrected chi connectivity index (χ1v) is 7.71. The highest BCUT2D eigenvalue weighted by molar-refractivity contribution is 5.85. The number of methoxy groups -OCH3 is 1. The Balaban J connectivity index is 2.30. The Bertz CT molecular complexity index is 911. The summed E-state index contributed by atoms with van der Waals surface area (Å²) in [5, 5.41) is 0. The topological polar surface area (TPSA) is 9.23 Å². The molecular formula is C21H15F3O. The van der Waals surface area contributed by atoms with Crippen molar-refractivity contribution in [2.24, 2.45) is 0 Å². The number of benzene rings is 1. The largest absolute Gasteiger partial charge is 0.495 e. The Morgan fingerprint density at radius 3 is 2.52 bits per heavy atom. The van der Waals surface area contributed by atoms with Gasteiger partial charge in [-0.25, -0.2) is 0 Å². The van der Waals surface area contributed by atoms with Gasteiger partial charge in [0.25, 0.3) is 0 Å². The molecule has 1 aromatic carbocycles. The summed E-state index contributed by atoms with van der Waals surface area (Å²) in [6, 6.07) is 2.25. The van der Waals surface area contributed by atoms with Gasteiger partial charge in [0.15, 0.2) is 0 Å². The summed E-state index contributed by atoms with van der Waals surface area (Å²) in [7, 11) is 1.46. The zero-order valence-corrected chi connectivity index (χ0v) is 13.5. The maximum Gasteiger partial charge on any atom is 0.416 e. The molecule has 1 nitrogen and oxygen atoms in total. The monoisotopic (exact) mass is 340 g/mol. The molecule has 0 fully saturated rings. The third-order valence-corrected chi connectivity index (χ3v) is 3.90. The van der Waals surface area contributed by atoms with Crippen LogP contribution < -0.4 is 4.74 Å².